The van der Waals surface area contributed by atoms with Crippen molar-refractivity contribution >= 4 is 11.8 Å². The summed E-state index contributed by atoms with van der Waals surface area (Å²) in [6.45, 7) is 3.95. The molecule has 1 aromatic heterocycles. The molecule has 0 saturated heterocycles. The fourth-order valence-corrected chi connectivity index (χ4v) is 1.94. The van der Waals surface area contributed by atoms with Gasteiger partial charge in [-0.3, -0.25) is 0 Å². The maximum absolute atomic E-state index is 5.24. The number of hydrogen-bond acceptors (Lipinski definition) is 5. The van der Waals surface area contributed by atoms with E-state index in [4.69, 9.17) is 4.42 Å². The van der Waals surface area contributed by atoms with E-state index in [-0.39, 0.29) is 0 Å². The molecule has 0 aromatic carbocycles. The third-order valence-corrected chi connectivity index (χ3v) is 2.80. The fourth-order valence-electron chi connectivity index (χ4n) is 0.914. The van der Waals surface area contributed by atoms with Crippen molar-refractivity contribution in [3.05, 3.63) is 5.89 Å². The minimum atomic E-state index is 0.511. The molecule has 0 spiro atoms. The molecule has 1 aromatic rings. The van der Waals surface area contributed by atoms with Gasteiger partial charge in [0, 0.05) is 18.7 Å². The van der Waals surface area contributed by atoms with E-state index in [9.17, 15) is 0 Å². The Balaban J connectivity index is 2.33. The van der Waals surface area contributed by atoms with Crippen molar-refractivity contribution in [3.63, 3.8) is 0 Å². The van der Waals surface area contributed by atoms with Crippen molar-refractivity contribution in [1.82, 2.24) is 15.5 Å². The summed E-state index contributed by atoms with van der Waals surface area (Å²) in [5.41, 5.74) is 0. The van der Waals surface area contributed by atoms with Gasteiger partial charge in [0.25, 0.3) is 5.22 Å². The highest BCUT2D eigenvalue weighted by Crippen LogP contribution is 2.17. The molecule has 1 N–H and O–H groups in total. The van der Waals surface area contributed by atoms with Crippen LogP contribution < -0.4 is 5.32 Å². The van der Waals surface area contributed by atoms with Gasteiger partial charge in [-0.05, 0) is 13.5 Å². The first kappa shape index (κ1) is 10.5. The molecule has 0 bridgehead atoms. The van der Waals surface area contributed by atoms with Crippen LogP contribution >= 0.6 is 11.8 Å². The normalized spacial score (nSPS) is 13.2. The average molecular weight is 201 g/mol. The Labute approximate surface area is 82.5 Å². The molecule has 0 fully saturated rings. The van der Waals surface area contributed by atoms with Crippen LogP contribution in [-0.2, 0) is 0 Å². The standard InChI is InChI=1S/C8H15N3OS/c1-4-7(9-3)5-13-8-11-10-6(2)12-8/h7,9H,4-5H2,1-3H3. The molecule has 0 radical (unpaired) electrons. The molecule has 5 heteroatoms. The van der Waals surface area contributed by atoms with Crippen molar-refractivity contribution in [3.8, 4) is 0 Å². The number of thioether (sulfide) groups is 1. The highest BCUT2D eigenvalue weighted by atomic mass is 32.2. The van der Waals surface area contributed by atoms with E-state index in [1.807, 2.05) is 7.05 Å². The Bertz CT molecular complexity index is 247. The minimum Gasteiger partial charge on any atom is -0.416 e. The number of rotatable bonds is 5. The molecule has 74 valence electrons. The summed E-state index contributed by atoms with van der Waals surface area (Å²) in [7, 11) is 1.97. The number of hydrogen-bond donors (Lipinski definition) is 1. The lowest BCUT2D eigenvalue weighted by atomic mass is 10.3. The predicted molar refractivity (Wildman–Crippen MR) is 52.9 cm³/mol. The molecule has 1 rings (SSSR count). The van der Waals surface area contributed by atoms with E-state index in [0.29, 0.717) is 17.2 Å². The van der Waals surface area contributed by atoms with Crippen LogP contribution in [0.5, 0.6) is 0 Å². The highest BCUT2D eigenvalue weighted by molar-refractivity contribution is 7.99. The first-order chi connectivity index (χ1) is 6.26. The van der Waals surface area contributed by atoms with Gasteiger partial charge in [0.2, 0.25) is 5.89 Å². The van der Waals surface area contributed by atoms with Crippen LogP contribution in [0.25, 0.3) is 0 Å². The van der Waals surface area contributed by atoms with Crippen LogP contribution in [0.1, 0.15) is 19.2 Å². The summed E-state index contributed by atoms with van der Waals surface area (Å²) in [5.74, 6) is 1.59. The van der Waals surface area contributed by atoms with Crippen molar-refractivity contribution < 1.29 is 4.42 Å². The van der Waals surface area contributed by atoms with Gasteiger partial charge in [0.15, 0.2) is 0 Å². The summed E-state index contributed by atoms with van der Waals surface area (Å²) in [4.78, 5) is 0. The summed E-state index contributed by atoms with van der Waals surface area (Å²) in [6, 6.07) is 0.511. The molecular weight excluding hydrogens is 186 g/mol. The molecule has 1 unspecified atom stereocenters. The molecule has 1 atom stereocenters. The van der Waals surface area contributed by atoms with Crippen LogP contribution in [0.3, 0.4) is 0 Å². The van der Waals surface area contributed by atoms with E-state index in [0.717, 1.165) is 12.2 Å². The lowest BCUT2D eigenvalue weighted by molar-refractivity contribution is 0.428. The molecule has 13 heavy (non-hydrogen) atoms. The number of nitrogens with one attached hydrogen (secondary N) is 1. The van der Waals surface area contributed by atoms with Gasteiger partial charge >= 0.3 is 0 Å². The predicted octanol–water partition coefficient (Wildman–Crippen LogP) is 1.47. The Morgan fingerprint density at radius 1 is 1.54 bits per heavy atom. The van der Waals surface area contributed by atoms with E-state index in [1.54, 1.807) is 18.7 Å². The quantitative estimate of drug-likeness (QED) is 0.731. The molecule has 0 saturated carbocycles. The zero-order valence-electron chi connectivity index (χ0n) is 8.20. The van der Waals surface area contributed by atoms with E-state index < -0.39 is 0 Å². The van der Waals surface area contributed by atoms with Crippen molar-refractivity contribution in [2.45, 2.75) is 31.5 Å². The molecule has 0 amide bonds. The molecule has 0 aliphatic rings. The minimum absolute atomic E-state index is 0.511. The Morgan fingerprint density at radius 3 is 2.77 bits per heavy atom. The summed E-state index contributed by atoms with van der Waals surface area (Å²) in [5, 5.41) is 11.5. The zero-order chi connectivity index (χ0) is 9.68. The number of nitrogens with zero attached hydrogens (tertiary/aromatic N) is 2. The van der Waals surface area contributed by atoms with Crippen molar-refractivity contribution in [1.29, 1.82) is 0 Å². The van der Waals surface area contributed by atoms with E-state index in [1.165, 1.54) is 0 Å². The number of aromatic nitrogens is 2. The van der Waals surface area contributed by atoms with Gasteiger partial charge in [0.1, 0.15) is 0 Å². The first-order valence-corrected chi connectivity index (χ1v) is 5.35. The summed E-state index contributed by atoms with van der Waals surface area (Å²) >= 11 is 1.60. The first-order valence-electron chi connectivity index (χ1n) is 4.36. The molecule has 4 nitrogen and oxygen atoms in total. The molecule has 0 aliphatic heterocycles. The SMILES string of the molecule is CCC(CSc1nnc(C)o1)NC. The number of aryl methyl sites for hydroxylation is 1. The van der Waals surface area contributed by atoms with Crippen molar-refractivity contribution in [2.75, 3.05) is 12.8 Å². The van der Waals surface area contributed by atoms with Gasteiger partial charge in [-0.25, -0.2) is 0 Å². The topological polar surface area (TPSA) is 51.0 Å². The largest absolute Gasteiger partial charge is 0.416 e. The highest BCUT2D eigenvalue weighted by Gasteiger charge is 2.07. The second-order valence-corrected chi connectivity index (χ2v) is 3.76. The Kier molecular flexibility index (Phi) is 4.24. The molecular formula is C8H15N3OS. The summed E-state index contributed by atoms with van der Waals surface area (Å²) < 4.78 is 5.24. The van der Waals surface area contributed by atoms with Gasteiger partial charge in [0.05, 0.1) is 0 Å². The van der Waals surface area contributed by atoms with Crippen LogP contribution in [0.15, 0.2) is 9.64 Å². The fraction of sp³-hybridized carbons (Fsp3) is 0.750. The van der Waals surface area contributed by atoms with Gasteiger partial charge < -0.3 is 9.73 Å². The molecule has 0 aliphatic carbocycles. The van der Waals surface area contributed by atoms with Crippen LogP contribution in [0.2, 0.25) is 0 Å². The van der Waals surface area contributed by atoms with Crippen LogP contribution in [0.4, 0.5) is 0 Å². The van der Waals surface area contributed by atoms with Gasteiger partial charge in [-0.1, -0.05) is 18.7 Å². The van der Waals surface area contributed by atoms with Crippen molar-refractivity contribution in [2.24, 2.45) is 0 Å². The van der Waals surface area contributed by atoms with E-state index in [2.05, 4.69) is 22.4 Å². The second-order valence-electron chi connectivity index (χ2n) is 2.79. The van der Waals surface area contributed by atoms with Gasteiger partial charge in [-0.15, -0.1) is 10.2 Å². The van der Waals surface area contributed by atoms with Crippen LogP contribution in [0, 0.1) is 6.92 Å². The zero-order valence-corrected chi connectivity index (χ0v) is 9.02. The third-order valence-electron chi connectivity index (χ3n) is 1.82. The maximum atomic E-state index is 5.24. The molecule has 1 heterocycles. The third kappa shape index (κ3) is 3.36. The Hall–Kier alpha value is -0.550. The average Bonchev–Trinajstić information content (AvgIpc) is 2.53. The smallest absolute Gasteiger partial charge is 0.276 e. The summed E-state index contributed by atoms with van der Waals surface area (Å²) in [6.07, 6.45) is 1.11. The van der Waals surface area contributed by atoms with Crippen LogP contribution in [-0.4, -0.2) is 29.0 Å². The second kappa shape index (κ2) is 5.24. The lowest BCUT2D eigenvalue weighted by Crippen LogP contribution is -2.26. The van der Waals surface area contributed by atoms with Gasteiger partial charge in [-0.2, -0.15) is 0 Å². The van der Waals surface area contributed by atoms with E-state index >= 15 is 0 Å². The lowest BCUT2D eigenvalue weighted by Gasteiger charge is -2.10. The Morgan fingerprint density at radius 2 is 2.31 bits per heavy atom. The maximum Gasteiger partial charge on any atom is 0.276 e. The monoisotopic (exact) mass is 201 g/mol.